The van der Waals surface area contributed by atoms with E-state index in [0.717, 1.165) is 16.8 Å². The van der Waals surface area contributed by atoms with Gasteiger partial charge in [0.25, 0.3) is 5.91 Å². The van der Waals surface area contributed by atoms with Gasteiger partial charge in [-0.05, 0) is 44.7 Å². The predicted molar refractivity (Wildman–Crippen MR) is 145 cm³/mol. The summed E-state index contributed by atoms with van der Waals surface area (Å²) in [6.07, 6.45) is 0.691. The lowest BCUT2D eigenvalue weighted by atomic mass is 9.69. The average molecular weight is 520 g/mol. The van der Waals surface area contributed by atoms with Crippen LogP contribution in [0.3, 0.4) is 0 Å². The normalized spacial score (nSPS) is 22.0. The number of nitrogens with two attached hydrogens (primary N) is 1. The number of nitrogens with one attached hydrogen (secondary N) is 2. The van der Waals surface area contributed by atoms with E-state index in [4.69, 9.17) is 10.5 Å². The Bertz CT molecular complexity index is 1180. The molecule has 2 amide bonds. The van der Waals surface area contributed by atoms with Crippen molar-refractivity contribution in [3.05, 3.63) is 71.8 Å². The zero-order chi connectivity index (χ0) is 27.3. The number of hydrazone groups is 1. The number of piperidine rings is 1. The Hall–Kier alpha value is -3.40. The maximum absolute atomic E-state index is 13.9. The Labute approximate surface area is 223 Å². The lowest BCUT2D eigenvalue weighted by Crippen LogP contribution is -2.62. The third-order valence-electron chi connectivity index (χ3n) is 7.13. The molecule has 0 aromatic heterocycles. The Morgan fingerprint density at radius 1 is 1.16 bits per heavy atom. The molecule has 3 atom stereocenters. The summed E-state index contributed by atoms with van der Waals surface area (Å²) in [5, 5.41) is 12.1. The van der Waals surface area contributed by atoms with Crippen LogP contribution in [0.2, 0.25) is 0 Å². The first-order valence-corrected chi connectivity index (χ1v) is 13.1. The minimum atomic E-state index is -1.17. The predicted octanol–water partition coefficient (Wildman–Crippen LogP) is 1.80. The van der Waals surface area contributed by atoms with Gasteiger partial charge in [0.2, 0.25) is 5.91 Å². The Balaban J connectivity index is 1.56. The van der Waals surface area contributed by atoms with Crippen molar-refractivity contribution in [2.24, 2.45) is 16.3 Å². The van der Waals surface area contributed by atoms with Crippen LogP contribution >= 0.6 is 0 Å². The monoisotopic (exact) mass is 519 g/mol. The number of carbonyl (C=O) groups is 3. The zero-order valence-corrected chi connectivity index (χ0v) is 22.3. The third kappa shape index (κ3) is 6.01. The largest absolute Gasteiger partial charge is 0.374 e. The summed E-state index contributed by atoms with van der Waals surface area (Å²) in [5.74, 6) is -0.794. The molecule has 202 valence electrons. The fourth-order valence-corrected chi connectivity index (χ4v) is 4.97. The highest BCUT2D eigenvalue weighted by Crippen LogP contribution is 2.40. The van der Waals surface area contributed by atoms with Crippen LogP contribution in [0.5, 0.6) is 0 Å². The molecule has 0 spiro atoms. The molecule has 1 saturated heterocycles. The number of fused-ring (bicyclic) bond motifs is 1. The molecule has 4 N–H and O–H groups in total. The number of benzene rings is 2. The molecule has 2 heterocycles. The Morgan fingerprint density at radius 2 is 1.79 bits per heavy atom. The minimum absolute atomic E-state index is 0.0185. The van der Waals surface area contributed by atoms with E-state index in [0.29, 0.717) is 26.1 Å². The third-order valence-corrected chi connectivity index (χ3v) is 7.13. The summed E-state index contributed by atoms with van der Waals surface area (Å²) in [6.45, 7) is 6.09. The van der Waals surface area contributed by atoms with E-state index in [1.54, 1.807) is 13.8 Å². The fraction of sp³-hybridized carbons (Fsp3) is 0.448. The van der Waals surface area contributed by atoms with Crippen molar-refractivity contribution in [2.75, 3.05) is 19.7 Å². The Kier molecular flexibility index (Phi) is 8.40. The number of rotatable bonds is 11. The van der Waals surface area contributed by atoms with Crippen molar-refractivity contribution in [1.82, 2.24) is 15.6 Å². The van der Waals surface area contributed by atoms with Crippen LogP contribution in [0.15, 0.2) is 65.8 Å². The highest BCUT2D eigenvalue weighted by Gasteiger charge is 2.55. The maximum Gasteiger partial charge on any atom is 0.255 e. The number of amides is 2. The first-order valence-electron chi connectivity index (χ1n) is 13.1. The van der Waals surface area contributed by atoms with Crippen molar-refractivity contribution in [2.45, 2.75) is 57.8 Å². The van der Waals surface area contributed by atoms with Gasteiger partial charge in [0, 0.05) is 13.1 Å². The summed E-state index contributed by atoms with van der Waals surface area (Å²) in [7, 11) is 0. The quantitative estimate of drug-likeness (QED) is 0.416. The number of hydrogen-bond acceptors (Lipinski definition) is 7. The summed E-state index contributed by atoms with van der Waals surface area (Å²) in [4.78, 5) is 40.3. The second-order valence-electron chi connectivity index (χ2n) is 10.6. The second kappa shape index (κ2) is 11.6. The number of hydrogen-bond donors (Lipinski definition) is 3. The van der Waals surface area contributed by atoms with Crippen molar-refractivity contribution < 1.29 is 19.1 Å². The molecule has 0 aliphatic carbocycles. The van der Waals surface area contributed by atoms with E-state index < -0.39 is 28.9 Å². The summed E-state index contributed by atoms with van der Waals surface area (Å²) < 4.78 is 5.87. The van der Waals surface area contributed by atoms with Gasteiger partial charge in [0.05, 0.1) is 35.9 Å². The zero-order valence-electron chi connectivity index (χ0n) is 22.3. The second-order valence-corrected chi connectivity index (χ2v) is 10.6. The van der Waals surface area contributed by atoms with Gasteiger partial charge in [0.1, 0.15) is 6.04 Å². The molecular formula is C29H37N5O4. The van der Waals surface area contributed by atoms with E-state index in [9.17, 15) is 14.4 Å². The number of ketones is 1. The summed E-state index contributed by atoms with van der Waals surface area (Å²) >= 11 is 0. The molecule has 2 aromatic rings. The first-order chi connectivity index (χ1) is 18.1. The molecule has 2 aliphatic heterocycles. The van der Waals surface area contributed by atoms with Crippen LogP contribution in [0.1, 0.15) is 38.3 Å². The molecule has 1 fully saturated rings. The standard InChI is InChI=1S/C29H37N5O4/c1-4-34-27(37)29(15-20-11-7-5-8-12-20)16-22(31-17-24(29)33-34)25(35)23(32-26(36)28(2,3)30)19-38-18-21-13-9-6-10-14-21/h5-14,22-23,31H,4,15-19,30H2,1-3H3,(H,32,36)/t22?,23-,29?/m1/s1. The van der Waals surface area contributed by atoms with Gasteiger partial charge in [-0.2, -0.15) is 5.10 Å². The van der Waals surface area contributed by atoms with Crippen LogP contribution < -0.4 is 16.4 Å². The average Bonchev–Trinajstić information content (AvgIpc) is 3.18. The van der Waals surface area contributed by atoms with E-state index >= 15 is 0 Å². The van der Waals surface area contributed by atoms with E-state index in [2.05, 4.69) is 15.7 Å². The van der Waals surface area contributed by atoms with Crippen molar-refractivity contribution in [1.29, 1.82) is 0 Å². The molecule has 9 heteroatoms. The fourth-order valence-electron chi connectivity index (χ4n) is 4.97. The molecule has 0 radical (unpaired) electrons. The van der Waals surface area contributed by atoms with Gasteiger partial charge in [-0.25, -0.2) is 5.01 Å². The number of nitrogens with zero attached hydrogens (tertiary/aromatic N) is 2. The van der Waals surface area contributed by atoms with Crippen LogP contribution in [0.25, 0.3) is 0 Å². The van der Waals surface area contributed by atoms with Crippen LogP contribution in [-0.4, -0.2) is 65.6 Å². The molecule has 4 rings (SSSR count). The number of carbonyl (C=O) groups excluding carboxylic acids is 3. The van der Waals surface area contributed by atoms with E-state index in [1.165, 1.54) is 5.01 Å². The molecule has 2 aromatic carbocycles. The van der Waals surface area contributed by atoms with Gasteiger partial charge in [-0.3, -0.25) is 14.4 Å². The number of Topliss-reactive ketones (excluding diaryl/α,β-unsaturated/α-hetero) is 1. The molecule has 38 heavy (non-hydrogen) atoms. The van der Waals surface area contributed by atoms with Gasteiger partial charge >= 0.3 is 0 Å². The van der Waals surface area contributed by atoms with Crippen molar-refractivity contribution >= 4 is 23.3 Å². The van der Waals surface area contributed by atoms with Gasteiger partial charge < -0.3 is 21.1 Å². The van der Waals surface area contributed by atoms with Gasteiger partial charge in [-0.15, -0.1) is 0 Å². The number of ether oxygens (including phenoxy) is 1. The topological polar surface area (TPSA) is 126 Å². The summed E-state index contributed by atoms with van der Waals surface area (Å²) in [5.41, 5.74) is 6.61. The lowest BCUT2D eigenvalue weighted by molar-refractivity contribution is -0.138. The van der Waals surface area contributed by atoms with Crippen molar-refractivity contribution in [3.63, 3.8) is 0 Å². The minimum Gasteiger partial charge on any atom is -0.374 e. The molecule has 2 aliphatic rings. The molecule has 2 unspecified atom stereocenters. The smallest absolute Gasteiger partial charge is 0.255 e. The van der Waals surface area contributed by atoms with Gasteiger partial charge in [-0.1, -0.05) is 60.7 Å². The molecular weight excluding hydrogens is 482 g/mol. The molecule has 0 saturated carbocycles. The van der Waals surface area contributed by atoms with Crippen LogP contribution in [0, 0.1) is 5.41 Å². The van der Waals surface area contributed by atoms with Crippen LogP contribution in [0.4, 0.5) is 0 Å². The van der Waals surface area contributed by atoms with Crippen LogP contribution in [-0.2, 0) is 32.1 Å². The highest BCUT2D eigenvalue weighted by molar-refractivity contribution is 6.14. The molecule has 9 nitrogen and oxygen atoms in total. The van der Waals surface area contributed by atoms with Crippen molar-refractivity contribution in [3.8, 4) is 0 Å². The first kappa shape index (κ1) is 27.6. The van der Waals surface area contributed by atoms with E-state index in [1.807, 2.05) is 67.6 Å². The lowest BCUT2D eigenvalue weighted by Gasteiger charge is -2.38. The maximum atomic E-state index is 13.9. The Morgan fingerprint density at radius 3 is 2.39 bits per heavy atom. The van der Waals surface area contributed by atoms with Gasteiger partial charge in [0.15, 0.2) is 5.78 Å². The van der Waals surface area contributed by atoms with E-state index in [-0.39, 0.29) is 24.7 Å². The SMILES string of the molecule is CCN1N=C2CNC(C(=O)[C@@H](COCc3ccccc3)NC(=O)C(C)(C)N)CC2(Cc2ccccc2)C1=O. The molecule has 0 bridgehead atoms. The highest BCUT2D eigenvalue weighted by atomic mass is 16.5. The summed E-state index contributed by atoms with van der Waals surface area (Å²) in [6, 6.07) is 17.8.